The fourth-order valence-corrected chi connectivity index (χ4v) is 3.85. The number of benzene rings is 1. The summed E-state index contributed by atoms with van der Waals surface area (Å²) in [6.45, 7) is 5.66. The molecular weight excluding hydrogens is 330 g/mol. The molecule has 1 N–H and O–H groups in total. The Bertz CT molecular complexity index is 828. The Balaban J connectivity index is 1.44. The number of nitrogens with zero attached hydrogens (tertiary/aromatic N) is 4. The lowest BCUT2D eigenvalue weighted by Gasteiger charge is -2.56. The lowest BCUT2D eigenvalue weighted by molar-refractivity contribution is 0.0436. The largest absolute Gasteiger partial charge is 0.497 e. The van der Waals surface area contributed by atoms with E-state index >= 15 is 0 Å². The number of carbonyl (C=O) groups excluding carboxylic acids is 1. The van der Waals surface area contributed by atoms with Crippen LogP contribution in [0, 0.1) is 13.8 Å². The van der Waals surface area contributed by atoms with Gasteiger partial charge >= 0.3 is 6.03 Å². The first-order valence-corrected chi connectivity index (χ1v) is 8.83. The van der Waals surface area contributed by atoms with Crippen molar-refractivity contribution in [3.8, 4) is 5.75 Å². The van der Waals surface area contributed by atoms with Gasteiger partial charge in [0.1, 0.15) is 17.9 Å². The van der Waals surface area contributed by atoms with Crippen LogP contribution in [0.3, 0.4) is 0 Å². The number of ether oxygens (including phenoxy) is 1. The summed E-state index contributed by atoms with van der Waals surface area (Å²) in [5.41, 5.74) is 2.86. The summed E-state index contributed by atoms with van der Waals surface area (Å²) in [6.07, 6.45) is 2.66. The van der Waals surface area contributed by atoms with Crippen LogP contribution in [0.4, 0.5) is 16.3 Å². The summed E-state index contributed by atoms with van der Waals surface area (Å²) in [5, 5.41) is 2.99. The molecule has 5 rings (SSSR count). The number of fused-ring (bicyclic) bond motifs is 2. The predicted molar refractivity (Wildman–Crippen MR) is 99.8 cm³/mol. The number of nitrogens with one attached hydrogen (secondary N) is 1. The van der Waals surface area contributed by atoms with Crippen LogP contribution in [0.1, 0.15) is 17.7 Å². The number of rotatable bonds is 3. The molecule has 0 aliphatic carbocycles. The van der Waals surface area contributed by atoms with Crippen molar-refractivity contribution in [1.82, 2.24) is 14.9 Å². The van der Waals surface area contributed by atoms with Crippen LogP contribution in [-0.4, -0.2) is 53.2 Å². The minimum atomic E-state index is -0.0465. The molecule has 2 atom stereocenters. The maximum absolute atomic E-state index is 12.7. The van der Waals surface area contributed by atoms with Crippen molar-refractivity contribution in [3.05, 3.63) is 41.9 Å². The molecule has 0 saturated carbocycles. The first-order valence-electron chi connectivity index (χ1n) is 8.83. The summed E-state index contributed by atoms with van der Waals surface area (Å²) in [7, 11) is 1.62. The van der Waals surface area contributed by atoms with Crippen molar-refractivity contribution in [2.45, 2.75) is 32.4 Å². The molecular formula is C19H23N5O2. The third kappa shape index (κ3) is 2.83. The monoisotopic (exact) mass is 353 g/mol. The molecule has 2 amide bonds. The van der Waals surface area contributed by atoms with Gasteiger partial charge < -0.3 is 19.9 Å². The highest BCUT2D eigenvalue weighted by molar-refractivity contribution is 5.91. The second kappa shape index (κ2) is 6.48. The molecule has 2 aromatic rings. The van der Waals surface area contributed by atoms with E-state index in [2.05, 4.69) is 27.1 Å². The number of anilines is 2. The molecule has 136 valence electrons. The molecule has 3 aliphatic heterocycles. The number of aryl methyl sites for hydroxylation is 1. The van der Waals surface area contributed by atoms with Gasteiger partial charge in [-0.15, -0.1) is 0 Å². The third-order valence-corrected chi connectivity index (χ3v) is 5.36. The number of amides is 2. The van der Waals surface area contributed by atoms with Crippen molar-refractivity contribution in [2.75, 3.05) is 30.4 Å². The van der Waals surface area contributed by atoms with E-state index in [0.717, 1.165) is 48.0 Å². The zero-order valence-corrected chi connectivity index (χ0v) is 15.3. The van der Waals surface area contributed by atoms with Gasteiger partial charge in [-0.25, -0.2) is 14.8 Å². The third-order valence-electron chi connectivity index (χ3n) is 5.36. The molecule has 0 spiro atoms. The summed E-state index contributed by atoms with van der Waals surface area (Å²) in [5.74, 6) is 1.72. The minimum Gasteiger partial charge on any atom is -0.497 e. The van der Waals surface area contributed by atoms with Gasteiger partial charge in [-0.3, -0.25) is 0 Å². The van der Waals surface area contributed by atoms with E-state index in [-0.39, 0.29) is 18.1 Å². The number of piperidine rings is 1. The number of hydrogen-bond donors (Lipinski definition) is 1. The summed E-state index contributed by atoms with van der Waals surface area (Å²) >= 11 is 0. The van der Waals surface area contributed by atoms with Crippen LogP contribution in [-0.2, 0) is 0 Å². The number of aromatic nitrogens is 2. The van der Waals surface area contributed by atoms with Gasteiger partial charge in [-0.2, -0.15) is 0 Å². The highest BCUT2D eigenvalue weighted by Crippen LogP contribution is 2.35. The molecule has 3 aliphatic rings. The fraction of sp³-hybridized carbons (Fsp3) is 0.421. The molecule has 2 unspecified atom stereocenters. The molecule has 2 bridgehead atoms. The van der Waals surface area contributed by atoms with E-state index in [4.69, 9.17) is 4.74 Å². The van der Waals surface area contributed by atoms with E-state index in [1.54, 1.807) is 13.4 Å². The van der Waals surface area contributed by atoms with Gasteiger partial charge in [0.25, 0.3) is 0 Å². The van der Waals surface area contributed by atoms with E-state index in [1.807, 2.05) is 36.1 Å². The topological polar surface area (TPSA) is 70.6 Å². The second-order valence-corrected chi connectivity index (χ2v) is 6.93. The first-order chi connectivity index (χ1) is 12.6. The molecule has 0 radical (unpaired) electrons. The number of methoxy groups -OCH3 is 1. The molecule has 26 heavy (non-hydrogen) atoms. The summed E-state index contributed by atoms with van der Waals surface area (Å²) < 4.78 is 5.21. The van der Waals surface area contributed by atoms with Crippen LogP contribution in [0.5, 0.6) is 5.75 Å². The van der Waals surface area contributed by atoms with Crippen molar-refractivity contribution < 1.29 is 9.53 Å². The fourth-order valence-electron chi connectivity index (χ4n) is 3.85. The SMILES string of the molecule is COc1cccc(NC(=O)N2C3CC2CN(c2ncnc(C)c2C)C3)c1. The quantitative estimate of drug-likeness (QED) is 0.918. The highest BCUT2D eigenvalue weighted by Gasteiger charge is 2.47. The van der Waals surface area contributed by atoms with E-state index < -0.39 is 0 Å². The lowest BCUT2D eigenvalue weighted by atomic mass is 9.87. The average molecular weight is 353 g/mol. The van der Waals surface area contributed by atoms with Crippen LogP contribution >= 0.6 is 0 Å². The maximum atomic E-state index is 12.7. The van der Waals surface area contributed by atoms with Gasteiger partial charge in [0.05, 0.1) is 19.2 Å². The van der Waals surface area contributed by atoms with E-state index in [1.165, 1.54) is 0 Å². The van der Waals surface area contributed by atoms with Crippen molar-refractivity contribution in [1.29, 1.82) is 0 Å². The van der Waals surface area contributed by atoms with Crippen molar-refractivity contribution in [2.24, 2.45) is 0 Å². The smallest absolute Gasteiger partial charge is 0.322 e. The summed E-state index contributed by atoms with van der Waals surface area (Å²) in [4.78, 5) is 25.6. The van der Waals surface area contributed by atoms with Gasteiger partial charge in [0, 0.05) is 36.1 Å². The Morgan fingerprint density at radius 3 is 2.73 bits per heavy atom. The molecule has 1 aromatic heterocycles. The average Bonchev–Trinajstić information content (AvgIpc) is 2.64. The Hall–Kier alpha value is -2.83. The van der Waals surface area contributed by atoms with Gasteiger partial charge in [0.15, 0.2) is 0 Å². The standard InChI is InChI=1S/C19H23N5O2/c1-12-13(2)20-11-21-18(12)23-9-15-8-16(10-23)24(15)19(25)22-14-5-4-6-17(7-14)26-3/h4-7,11,15-16H,8-10H2,1-3H3,(H,22,25). The van der Waals surface area contributed by atoms with Crippen LogP contribution in [0.2, 0.25) is 0 Å². The number of piperazine rings is 1. The van der Waals surface area contributed by atoms with Gasteiger partial charge in [-0.1, -0.05) is 6.07 Å². The van der Waals surface area contributed by atoms with Crippen LogP contribution < -0.4 is 15.0 Å². The molecule has 4 heterocycles. The van der Waals surface area contributed by atoms with Gasteiger partial charge in [0.2, 0.25) is 0 Å². The predicted octanol–water partition coefficient (Wildman–Crippen LogP) is 2.60. The molecule has 7 heteroatoms. The Morgan fingerprint density at radius 2 is 2.00 bits per heavy atom. The Labute approximate surface area is 153 Å². The Kier molecular flexibility index (Phi) is 4.14. The van der Waals surface area contributed by atoms with E-state index in [0.29, 0.717) is 0 Å². The highest BCUT2D eigenvalue weighted by atomic mass is 16.5. The number of hydrogen-bond acceptors (Lipinski definition) is 5. The Morgan fingerprint density at radius 1 is 1.23 bits per heavy atom. The maximum Gasteiger partial charge on any atom is 0.322 e. The van der Waals surface area contributed by atoms with Gasteiger partial charge in [-0.05, 0) is 32.4 Å². The molecule has 3 saturated heterocycles. The van der Waals surface area contributed by atoms with Crippen LogP contribution in [0.25, 0.3) is 0 Å². The van der Waals surface area contributed by atoms with Crippen molar-refractivity contribution >= 4 is 17.5 Å². The first kappa shape index (κ1) is 16.6. The number of urea groups is 1. The molecule has 7 nitrogen and oxygen atoms in total. The lowest BCUT2D eigenvalue weighted by Crippen LogP contribution is -2.71. The number of carbonyl (C=O) groups is 1. The second-order valence-electron chi connectivity index (χ2n) is 6.93. The molecule has 1 aromatic carbocycles. The summed E-state index contributed by atoms with van der Waals surface area (Å²) in [6, 6.07) is 7.81. The normalized spacial score (nSPS) is 21.2. The minimum absolute atomic E-state index is 0.0465. The molecule has 3 fully saturated rings. The zero-order valence-electron chi connectivity index (χ0n) is 15.3. The zero-order chi connectivity index (χ0) is 18.3. The van der Waals surface area contributed by atoms with Crippen LogP contribution in [0.15, 0.2) is 30.6 Å². The van der Waals surface area contributed by atoms with Crippen molar-refractivity contribution in [3.63, 3.8) is 0 Å². The van der Waals surface area contributed by atoms with E-state index in [9.17, 15) is 4.79 Å².